The first kappa shape index (κ1) is 17.9. The molecule has 4 rings (SSSR count). The molecule has 0 saturated carbocycles. The van der Waals surface area contributed by atoms with E-state index in [-0.39, 0.29) is 5.91 Å². The molecule has 1 amide bonds. The standard InChI is InChI=1S/C19H27N7O/c27-18(26-7-1-3-17(14-26)13-24-8-6-20-16-24)15-23-9-11-25(12-10-23)19-21-4-2-5-22-19/h2,4-6,8,16-17H,1,3,7,9-15H2/t17-/m1/s1. The zero-order chi connectivity index (χ0) is 18.5. The van der Waals surface area contributed by atoms with Crippen molar-refractivity contribution >= 4 is 11.9 Å². The molecular formula is C19H27N7O. The predicted octanol–water partition coefficient (Wildman–Crippen LogP) is 0.734. The van der Waals surface area contributed by atoms with Gasteiger partial charge in [-0.3, -0.25) is 9.69 Å². The Kier molecular flexibility index (Phi) is 5.62. The number of anilines is 1. The first-order valence-electron chi connectivity index (χ1n) is 9.76. The van der Waals surface area contributed by atoms with Crippen LogP contribution in [0.1, 0.15) is 12.8 Å². The second kappa shape index (κ2) is 8.47. The Labute approximate surface area is 159 Å². The van der Waals surface area contributed by atoms with E-state index in [1.54, 1.807) is 12.4 Å². The summed E-state index contributed by atoms with van der Waals surface area (Å²) in [5, 5.41) is 0. The van der Waals surface area contributed by atoms with Crippen molar-refractivity contribution in [2.75, 3.05) is 50.7 Å². The summed E-state index contributed by atoms with van der Waals surface area (Å²) in [5.41, 5.74) is 0. The molecule has 0 aliphatic carbocycles. The van der Waals surface area contributed by atoms with E-state index in [0.717, 1.165) is 58.2 Å². The molecule has 2 aliphatic rings. The Balaban J connectivity index is 1.24. The van der Waals surface area contributed by atoms with Crippen molar-refractivity contribution in [2.24, 2.45) is 5.92 Å². The largest absolute Gasteiger partial charge is 0.341 e. The van der Waals surface area contributed by atoms with Crippen LogP contribution in [0.5, 0.6) is 0 Å². The van der Waals surface area contributed by atoms with Crippen LogP contribution in [-0.2, 0) is 11.3 Å². The Morgan fingerprint density at radius 3 is 2.63 bits per heavy atom. The van der Waals surface area contributed by atoms with Gasteiger partial charge in [0.15, 0.2) is 0 Å². The van der Waals surface area contributed by atoms with Gasteiger partial charge in [0.1, 0.15) is 0 Å². The number of imidazole rings is 1. The van der Waals surface area contributed by atoms with E-state index >= 15 is 0 Å². The summed E-state index contributed by atoms with van der Waals surface area (Å²) in [6.07, 6.45) is 11.5. The fraction of sp³-hybridized carbons (Fsp3) is 0.579. The van der Waals surface area contributed by atoms with Gasteiger partial charge in [-0.05, 0) is 24.8 Å². The molecule has 2 aromatic rings. The maximum Gasteiger partial charge on any atom is 0.236 e. The van der Waals surface area contributed by atoms with Crippen LogP contribution in [-0.4, -0.2) is 81.0 Å². The van der Waals surface area contributed by atoms with Gasteiger partial charge in [0.2, 0.25) is 11.9 Å². The highest BCUT2D eigenvalue weighted by Gasteiger charge is 2.26. The van der Waals surface area contributed by atoms with Gasteiger partial charge in [-0.25, -0.2) is 15.0 Å². The fourth-order valence-electron chi connectivity index (χ4n) is 3.99. The second-order valence-corrected chi connectivity index (χ2v) is 7.42. The SMILES string of the molecule is O=C(CN1CCN(c2ncccn2)CC1)N1CCC[C@H](Cn2ccnc2)C1. The summed E-state index contributed by atoms with van der Waals surface area (Å²) in [6.45, 7) is 6.67. The van der Waals surface area contributed by atoms with Gasteiger partial charge in [-0.2, -0.15) is 0 Å². The molecule has 0 N–H and O–H groups in total. The van der Waals surface area contributed by atoms with E-state index in [0.29, 0.717) is 12.5 Å². The minimum atomic E-state index is 0.259. The average molecular weight is 369 g/mol. The van der Waals surface area contributed by atoms with Crippen LogP contribution < -0.4 is 4.90 Å². The van der Waals surface area contributed by atoms with Crippen LogP contribution in [0.4, 0.5) is 5.95 Å². The third-order valence-electron chi connectivity index (χ3n) is 5.47. The smallest absolute Gasteiger partial charge is 0.236 e. The normalized spacial score (nSPS) is 21.4. The number of nitrogens with zero attached hydrogens (tertiary/aromatic N) is 7. The first-order chi connectivity index (χ1) is 13.3. The van der Waals surface area contributed by atoms with E-state index in [1.165, 1.54) is 6.42 Å². The van der Waals surface area contributed by atoms with Gasteiger partial charge in [-0.15, -0.1) is 0 Å². The molecule has 2 aliphatic heterocycles. The maximum atomic E-state index is 12.8. The summed E-state index contributed by atoms with van der Waals surface area (Å²) >= 11 is 0. The van der Waals surface area contributed by atoms with Crippen LogP contribution in [0, 0.1) is 5.92 Å². The van der Waals surface area contributed by atoms with Gasteiger partial charge >= 0.3 is 0 Å². The second-order valence-electron chi connectivity index (χ2n) is 7.42. The highest BCUT2D eigenvalue weighted by Crippen LogP contribution is 2.19. The van der Waals surface area contributed by atoms with Crippen molar-refractivity contribution < 1.29 is 4.79 Å². The van der Waals surface area contributed by atoms with Gasteiger partial charge in [0.25, 0.3) is 0 Å². The van der Waals surface area contributed by atoms with E-state index in [4.69, 9.17) is 0 Å². The number of carbonyl (C=O) groups excluding carboxylic acids is 1. The molecule has 8 nitrogen and oxygen atoms in total. The Morgan fingerprint density at radius 2 is 1.89 bits per heavy atom. The number of piperidine rings is 1. The van der Waals surface area contributed by atoms with E-state index in [1.807, 2.05) is 24.8 Å². The van der Waals surface area contributed by atoms with E-state index < -0.39 is 0 Å². The lowest BCUT2D eigenvalue weighted by Crippen LogP contribution is -2.51. The fourth-order valence-corrected chi connectivity index (χ4v) is 3.99. The van der Waals surface area contributed by atoms with Gasteiger partial charge < -0.3 is 14.4 Å². The van der Waals surface area contributed by atoms with Crippen molar-refractivity contribution in [3.63, 3.8) is 0 Å². The number of amides is 1. The average Bonchev–Trinajstić information content (AvgIpc) is 3.22. The third kappa shape index (κ3) is 4.63. The minimum Gasteiger partial charge on any atom is -0.341 e. The summed E-state index contributed by atoms with van der Waals surface area (Å²) in [4.78, 5) is 32.0. The van der Waals surface area contributed by atoms with Crippen molar-refractivity contribution in [1.29, 1.82) is 0 Å². The summed E-state index contributed by atoms with van der Waals surface area (Å²) in [5.74, 6) is 1.56. The Bertz CT molecular complexity index is 713. The molecule has 2 saturated heterocycles. The molecule has 2 fully saturated rings. The van der Waals surface area contributed by atoms with Crippen LogP contribution >= 0.6 is 0 Å². The zero-order valence-corrected chi connectivity index (χ0v) is 15.7. The molecule has 0 bridgehead atoms. The number of hydrogen-bond donors (Lipinski definition) is 0. The maximum absolute atomic E-state index is 12.8. The predicted molar refractivity (Wildman–Crippen MR) is 102 cm³/mol. The molecule has 4 heterocycles. The van der Waals surface area contributed by atoms with Gasteiger partial charge in [0.05, 0.1) is 12.9 Å². The van der Waals surface area contributed by atoms with E-state index in [2.05, 4.69) is 34.2 Å². The molecular weight excluding hydrogens is 342 g/mol. The van der Waals surface area contributed by atoms with E-state index in [9.17, 15) is 4.79 Å². The Hall–Kier alpha value is -2.48. The third-order valence-corrected chi connectivity index (χ3v) is 5.47. The van der Waals surface area contributed by atoms with Gasteiger partial charge in [0, 0.05) is 70.6 Å². The van der Waals surface area contributed by atoms with Gasteiger partial charge in [-0.1, -0.05) is 0 Å². The van der Waals surface area contributed by atoms with Crippen LogP contribution in [0.3, 0.4) is 0 Å². The Morgan fingerprint density at radius 1 is 1.07 bits per heavy atom. The summed E-state index contributed by atoms with van der Waals surface area (Å²) < 4.78 is 2.11. The molecule has 2 aromatic heterocycles. The number of likely N-dealkylation sites (tertiary alicyclic amines) is 1. The summed E-state index contributed by atoms with van der Waals surface area (Å²) in [7, 11) is 0. The number of carbonyl (C=O) groups is 1. The monoisotopic (exact) mass is 369 g/mol. The molecule has 0 aromatic carbocycles. The number of aromatic nitrogens is 4. The summed E-state index contributed by atoms with van der Waals surface area (Å²) in [6, 6.07) is 1.83. The number of piperazine rings is 1. The van der Waals surface area contributed by atoms with Crippen molar-refractivity contribution in [1.82, 2.24) is 29.3 Å². The molecule has 0 unspecified atom stereocenters. The van der Waals surface area contributed by atoms with Crippen LogP contribution in [0.2, 0.25) is 0 Å². The van der Waals surface area contributed by atoms with Crippen LogP contribution in [0.25, 0.3) is 0 Å². The lowest BCUT2D eigenvalue weighted by Gasteiger charge is -2.37. The molecule has 0 spiro atoms. The van der Waals surface area contributed by atoms with Crippen molar-refractivity contribution in [3.8, 4) is 0 Å². The van der Waals surface area contributed by atoms with Crippen LogP contribution in [0.15, 0.2) is 37.2 Å². The topological polar surface area (TPSA) is 70.4 Å². The lowest BCUT2D eigenvalue weighted by molar-refractivity contribution is -0.134. The number of hydrogen-bond acceptors (Lipinski definition) is 6. The van der Waals surface area contributed by atoms with Crippen molar-refractivity contribution in [2.45, 2.75) is 19.4 Å². The first-order valence-corrected chi connectivity index (χ1v) is 9.76. The molecule has 8 heteroatoms. The lowest BCUT2D eigenvalue weighted by atomic mass is 9.98. The minimum absolute atomic E-state index is 0.259. The molecule has 144 valence electrons. The number of rotatable bonds is 5. The molecule has 1 atom stereocenters. The zero-order valence-electron chi connectivity index (χ0n) is 15.7. The quantitative estimate of drug-likeness (QED) is 0.774. The highest BCUT2D eigenvalue weighted by atomic mass is 16.2. The van der Waals surface area contributed by atoms with Crippen molar-refractivity contribution in [3.05, 3.63) is 37.2 Å². The molecule has 27 heavy (non-hydrogen) atoms. The molecule has 0 radical (unpaired) electrons. The highest BCUT2D eigenvalue weighted by molar-refractivity contribution is 5.78.